The number of halogens is 1. The normalized spacial score (nSPS) is 24.5. The maximum atomic E-state index is 14.0. The average molecular weight is 398 g/mol. The average Bonchev–Trinajstić information content (AvgIpc) is 3.24. The number of hydrogen-bond donors (Lipinski definition) is 2. The van der Waals surface area contributed by atoms with Gasteiger partial charge in [0, 0.05) is 43.5 Å². The number of ether oxygens (including phenoxy) is 1. The zero-order valence-electron chi connectivity index (χ0n) is 16.6. The van der Waals surface area contributed by atoms with Gasteiger partial charge in [-0.3, -0.25) is 20.6 Å². The Morgan fingerprint density at radius 2 is 2.10 bits per heavy atom. The Hall–Kier alpha value is -2.51. The first-order valence-corrected chi connectivity index (χ1v) is 10.2. The van der Waals surface area contributed by atoms with Gasteiger partial charge in [0.25, 0.3) is 0 Å². The van der Waals surface area contributed by atoms with Crippen LogP contribution in [0.1, 0.15) is 36.3 Å². The third kappa shape index (κ3) is 4.26. The maximum absolute atomic E-state index is 14.0. The Bertz CT molecular complexity index is 848. The third-order valence-corrected chi connectivity index (χ3v) is 6.01. The van der Waals surface area contributed by atoms with E-state index in [4.69, 9.17) is 4.74 Å². The predicted octanol–water partition coefficient (Wildman–Crippen LogP) is 2.41. The fraction of sp³-hybridized carbons (Fsp3) is 0.455. The van der Waals surface area contributed by atoms with E-state index in [-0.39, 0.29) is 36.1 Å². The van der Waals surface area contributed by atoms with Gasteiger partial charge in [0.15, 0.2) is 11.6 Å². The highest BCUT2D eigenvalue weighted by Gasteiger charge is 2.40. The number of hydrazine groups is 1. The SMILES string of the molecule is COc1ccc(CC(=O)N2CCCCC2C2NNCC2c2ccncc2)cc1F. The molecule has 0 spiro atoms. The van der Waals surface area contributed by atoms with Crippen LogP contribution in [0.4, 0.5) is 4.39 Å². The largest absolute Gasteiger partial charge is 0.494 e. The van der Waals surface area contributed by atoms with E-state index in [9.17, 15) is 9.18 Å². The fourth-order valence-electron chi connectivity index (χ4n) is 4.55. The maximum Gasteiger partial charge on any atom is 0.227 e. The second kappa shape index (κ2) is 8.88. The van der Waals surface area contributed by atoms with Gasteiger partial charge in [-0.05, 0) is 54.7 Å². The second-order valence-electron chi connectivity index (χ2n) is 7.73. The molecule has 2 fully saturated rings. The van der Waals surface area contributed by atoms with Crippen molar-refractivity contribution < 1.29 is 13.9 Å². The third-order valence-electron chi connectivity index (χ3n) is 6.01. The van der Waals surface area contributed by atoms with Crippen molar-refractivity contribution in [2.75, 3.05) is 20.2 Å². The first kappa shape index (κ1) is 19.8. The van der Waals surface area contributed by atoms with E-state index >= 15 is 0 Å². The highest BCUT2D eigenvalue weighted by Crippen LogP contribution is 2.31. The molecule has 3 unspecified atom stereocenters. The molecule has 2 N–H and O–H groups in total. The number of benzene rings is 1. The van der Waals surface area contributed by atoms with Crippen LogP contribution < -0.4 is 15.6 Å². The Labute approximate surface area is 170 Å². The number of nitrogens with one attached hydrogen (secondary N) is 2. The van der Waals surface area contributed by atoms with E-state index in [1.807, 2.05) is 29.4 Å². The molecule has 0 saturated carbocycles. The standard InChI is InChI=1S/C22H27FN4O2/c1-29-20-6-5-15(12-18(20)23)13-21(28)27-11-3-2-4-19(27)22-17(14-25-26-22)16-7-9-24-10-8-16/h5-10,12,17,19,22,25-26H,2-4,11,13-14H2,1H3. The van der Waals surface area contributed by atoms with E-state index < -0.39 is 5.82 Å². The lowest BCUT2D eigenvalue weighted by Gasteiger charge is -2.41. The van der Waals surface area contributed by atoms with E-state index in [1.165, 1.54) is 18.7 Å². The number of piperidine rings is 1. The first-order valence-electron chi connectivity index (χ1n) is 10.2. The number of carbonyl (C=O) groups is 1. The quantitative estimate of drug-likeness (QED) is 0.810. The molecule has 0 radical (unpaired) electrons. The monoisotopic (exact) mass is 398 g/mol. The fourth-order valence-corrected chi connectivity index (χ4v) is 4.55. The summed E-state index contributed by atoms with van der Waals surface area (Å²) in [7, 11) is 1.43. The Kier molecular flexibility index (Phi) is 6.06. The first-order chi connectivity index (χ1) is 14.2. The number of amides is 1. The molecule has 29 heavy (non-hydrogen) atoms. The highest BCUT2D eigenvalue weighted by molar-refractivity contribution is 5.79. The lowest BCUT2D eigenvalue weighted by molar-refractivity contribution is -0.135. The highest BCUT2D eigenvalue weighted by atomic mass is 19.1. The van der Waals surface area contributed by atoms with Crippen LogP contribution in [0.3, 0.4) is 0 Å². The number of pyridine rings is 1. The number of nitrogens with zero attached hydrogens (tertiary/aromatic N) is 2. The molecule has 7 heteroatoms. The summed E-state index contributed by atoms with van der Waals surface area (Å²) in [6.07, 6.45) is 6.88. The number of aromatic nitrogens is 1. The molecule has 154 valence electrons. The Balaban J connectivity index is 1.51. The van der Waals surface area contributed by atoms with Crippen LogP contribution in [0.15, 0.2) is 42.7 Å². The number of hydrogen-bond acceptors (Lipinski definition) is 5. The topological polar surface area (TPSA) is 66.5 Å². The van der Waals surface area contributed by atoms with Gasteiger partial charge in [0.1, 0.15) is 0 Å². The van der Waals surface area contributed by atoms with Gasteiger partial charge in [-0.1, -0.05) is 6.07 Å². The molecule has 1 aromatic carbocycles. The summed E-state index contributed by atoms with van der Waals surface area (Å²) in [5.74, 6) is 0.0714. The molecule has 3 heterocycles. The summed E-state index contributed by atoms with van der Waals surface area (Å²) < 4.78 is 19.0. The van der Waals surface area contributed by atoms with Gasteiger partial charge in [-0.2, -0.15) is 0 Å². The van der Waals surface area contributed by atoms with E-state index in [0.717, 1.165) is 32.4 Å². The summed E-state index contributed by atoms with van der Waals surface area (Å²) in [4.78, 5) is 19.3. The molecule has 2 aliphatic rings. The minimum atomic E-state index is -0.438. The Morgan fingerprint density at radius 1 is 1.28 bits per heavy atom. The van der Waals surface area contributed by atoms with Crippen LogP contribution >= 0.6 is 0 Å². The van der Waals surface area contributed by atoms with Crippen LogP contribution in [-0.4, -0.2) is 48.1 Å². The molecule has 0 bridgehead atoms. The van der Waals surface area contributed by atoms with Gasteiger partial charge in [0.2, 0.25) is 5.91 Å². The molecular formula is C22H27FN4O2. The lowest BCUT2D eigenvalue weighted by atomic mass is 9.84. The van der Waals surface area contributed by atoms with Crippen LogP contribution in [0.2, 0.25) is 0 Å². The van der Waals surface area contributed by atoms with E-state index in [1.54, 1.807) is 12.1 Å². The van der Waals surface area contributed by atoms with Crippen molar-refractivity contribution in [3.63, 3.8) is 0 Å². The number of rotatable bonds is 5. The number of methoxy groups -OCH3 is 1. The molecule has 2 aliphatic heterocycles. The van der Waals surface area contributed by atoms with Crippen LogP contribution in [-0.2, 0) is 11.2 Å². The van der Waals surface area contributed by atoms with Crippen LogP contribution in [0, 0.1) is 5.82 Å². The summed E-state index contributed by atoms with van der Waals surface area (Å²) >= 11 is 0. The molecule has 2 aromatic rings. The summed E-state index contributed by atoms with van der Waals surface area (Å²) in [6.45, 7) is 1.56. The Morgan fingerprint density at radius 3 is 2.86 bits per heavy atom. The summed E-state index contributed by atoms with van der Waals surface area (Å²) in [5, 5.41) is 0. The van der Waals surface area contributed by atoms with Gasteiger partial charge in [-0.15, -0.1) is 0 Å². The molecule has 1 aromatic heterocycles. The van der Waals surface area contributed by atoms with E-state index in [2.05, 4.69) is 15.8 Å². The molecule has 6 nitrogen and oxygen atoms in total. The van der Waals surface area contributed by atoms with Crippen molar-refractivity contribution in [2.45, 2.75) is 43.7 Å². The summed E-state index contributed by atoms with van der Waals surface area (Å²) in [5.41, 5.74) is 8.57. The summed E-state index contributed by atoms with van der Waals surface area (Å²) in [6, 6.07) is 9.05. The minimum absolute atomic E-state index is 0.0430. The molecular weight excluding hydrogens is 371 g/mol. The van der Waals surface area contributed by atoms with E-state index in [0.29, 0.717) is 5.56 Å². The smallest absolute Gasteiger partial charge is 0.227 e. The predicted molar refractivity (Wildman–Crippen MR) is 108 cm³/mol. The van der Waals surface area contributed by atoms with Crippen molar-refractivity contribution >= 4 is 5.91 Å². The van der Waals surface area contributed by atoms with Crippen molar-refractivity contribution in [2.24, 2.45) is 0 Å². The molecule has 4 rings (SSSR count). The zero-order valence-corrected chi connectivity index (χ0v) is 16.6. The van der Waals surface area contributed by atoms with Gasteiger partial charge in [-0.25, -0.2) is 4.39 Å². The number of likely N-dealkylation sites (tertiary alicyclic amines) is 1. The van der Waals surface area contributed by atoms with Gasteiger partial charge in [0.05, 0.1) is 13.5 Å². The van der Waals surface area contributed by atoms with Crippen molar-refractivity contribution in [3.8, 4) is 5.75 Å². The molecule has 2 saturated heterocycles. The van der Waals surface area contributed by atoms with Crippen molar-refractivity contribution in [1.82, 2.24) is 20.7 Å². The van der Waals surface area contributed by atoms with Crippen molar-refractivity contribution in [1.29, 1.82) is 0 Å². The van der Waals surface area contributed by atoms with Crippen LogP contribution in [0.5, 0.6) is 5.75 Å². The number of carbonyl (C=O) groups excluding carboxylic acids is 1. The second-order valence-corrected chi connectivity index (χ2v) is 7.73. The minimum Gasteiger partial charge on any atom is -0.494 e. The van der Waals surface area contributed by atoms with Crippen molar-refractivity contribution in [3.05, 3.63) is 59.7 Å². The molecule has 1 amide bonds. The molecule has 0 aliphatic carbocycles. The van der Waals surface area contributed by atoms with Crippen LogP contribution in [0.25, 0.3) is 0 Å². The van der Waals surface area contributed by atoms with Gasteiger partial charge < -0.3 is 9.64 Å². The lowest BCUT2D eigenvalue weighted by Crippen LogP contribution is -2.55. The zero-order chi connectivity index (χ0) is 20.2. The van der Waals surface area contributed by atoms with Gasteiger partial charge >= 0.3 is 0 Å². The molecule has 3 atom stereocenters.